The molecule has 0 N–H and O–H groups in total. The molecule has 0 saturated carbocycles. The van der Waals surface area contributed by atoms with Gasteiger partial charge < -0.3 is 4.57 Å². The number of fused-ring (bicyclic) bond motifs is 9. The third-order valence-electron chi connectivity index (χ3n) is 10.8. The smallest absolute Gasteiger partial charge is 0.164 e. The molecule has 4 nitrogen and oxygen atoms in total. The second-order valence-electron chi connectivity index (χ2n) is 14.0. The molecule has 11 aromatic rings. The van der Waals surface area contributed by atoms with Crippen LogP contribution in [0.5, 0.6) is 0 Å². The lowest BCUT2D eigenvalue weighted by atomic mass is 9.92. The SMILES string of the molecule is c1ccc(-c2nc(-c3cccc(-c4ccc5c6ccccc6c6ccccc6c5c4)c3)nc(-c3ccc4c5ccccc5n(-c5ccccc5)c4c3)n2)cc1. The van der Waals surface area contributed by atoms with Gasteiger partial charge in [0.1, 0.15) is 0 Å². The summed E-state index contributed by atoms with van der Waals surface area (Å²) >= 11 is 0. The van der Waals surface area contributed by atoms with Gasteiger partial charge in [-0.3, -0.25) is 0 Å². The van der Waals surface area contributed by atoms with Crippen LogP contribution in [0.15, 0.2) is 194 Å². The van der Waals surface area contributed by atoms with Crippen LogP contribution in [-0.2, 0) is 0 Å². The van der Waals surface area contributed by atoms with Gasteiger partial charge in [-0.15, -0.1) is 0 Å². The molecule has 0 aliphatic rings. The van der Waals surface area contributed by atoms with Crippen LogP contribution in [-0.4, -0.2) is 19.5 Å². The Labute approximate surface area is 317 Å². The zero-order valence-electron chi connectivity index (χ0n) is 29.8. The average molecular weight is 701 g/mol. The summed E-state index contributed by atoms with van der Waals surface area (Å²) in [5.41, 5.74) is 8.43. The summed E-state index contributed by atoms with van der Waals surface area (Å²) in [5.74, 6) is 1.90. The maximum atomic E-state index is 5.19. The zero-order chi connectivity index (χ0) is 36.3. The molecule has 0 fully saturated rings. The van der Waals surface area contributed by atoms with Crippen LogP contribution in [0.2, 0.25) is 0 Å². The number of hydrogen-bond donors (Lipinski definition) is 0. The predicted molar refractivity (Wildman–Crippen MR) is 228 cm³/mol. The van der Waals surface area contributed by atoms with Gasteiger partial charge >= 0.3 is 0 Å². The quantitative estimate of drug-likeness (QED) is 0.168. The fraction of sp³-hybridized carbons (Fsp3) is 0. The van der Waals surface area contributed by atoms with E-state index >= 15 is 0 Å². The molecule has 9 aromatic carbocycles. The van der Waals surface area contributed by atoms with Gasteiger partial charge in [0.05, 0.1) is 11.0 Å². The van der Waals surface area contributed by atoms with E-state index < -0.39 is 0 Å². The highest BCUT2D eigenvalue weighted by molar-refractivity contribution is 6.25. The van der Waals surface area contributed by atoms with Crippen molar-refractivity contribution in [2.24, 2.45) is 0 Å². The second-order valence-corrected chi connectivity index (χ2v) is 14.0. The van der Waals surface area contributed by atoms with Gasteiger partial charge in [-0.05, 0) is 79.8 Å². The number of aromatic nitrogens is 4. The Bertz CT molecular complexity index is 3220. The minimum atomic E-state index is 0.630. The Morgan fingerprint density at radius 2 is 0.691 bits per heavy atom. The number of benzene rings is 9. The van der Waals surface area contributed by atoms with E-state index in [2.05, 4.69) is 180 Å². The first kappa shape index (κ1) is 31.1. The molecule has 0 aliphatic carbocycles. The molecule has 0 radical (unpaired) electrons. The van der Waals surface area contributed by atoms with Crippen molar-refractivity contribution in [3.8, 4) is 51.0 Å². The summed E-state index contributed by atoms with van der Waals surface area (Å²) < 4.78 is 2.33. The third kappa shape index (κ3) is 5.19. The molecule has 55 heavy (non-hydrogen) atoms. The average Bonchev–Trinajstić information content (AvgIpc) is 3.60. The highest BCUT2D eigenvalue weighted by atomic mass is 15.0. The number of rotatable bonds is 5. The largest absolute Gasteiger partial charge is 0.309 e. The number of nitrogens with zero attached hydrogens (tertiary/aromatic N) is 4. The minimum absolute atomic E-state index is 0.630. The summed E-state index contributed by atoms with van der Waals surface area (Å²) in [6.07, 6.45) is 0. The van der Waals surface area contributed by atoms with Crippen LogP contribution in [0, 0.1) is 0 Å². The van der Waals surface area contributed by atoms with Crippen molar-refractivity contribution < 1.29 is 0 Å². The zero-order valence-corrected chi connectivity index (χ0v) is 29.8. The lowest BCUT2D eigenvalue weighted by Gasteiger charge is -2.13. The molecule has 2 aromatic heterocycles. The Morgan fingerprint density at radius 3 is 1.38 bits per heavy atom. The lowest BCUT2D eigenvalue weighted by molar-refractivity contribution is 1.07. The van der Waals surface area contributed by atoms with Crippen molar-refractivity contribution in [1.82, 2.24) is 19.5 Å². The highest BCUT2D eigenvalue weighted by Crippen LogP contribution is 2.38. The van der Waals surface area contributed by atoms with E-state index in [1.807, 2.05) is 18.2 Å². The van der Waals surface area contributed by atoms with Gasteiger partial charge in [-0.1, -0.05) is 158 Å². The van der Waals surface area contributed by atoms with Crippen LogP contribution >= 0.6 is 0 Å². The molecule has 2 heterocycles. The van der Waals surface area contributed by atoms with Gasteiger partial charge in [0.25, 0.3) is 0 Å². The Morgan fingerprint density at radius 1 is 0.255 bits per heavy atom. The lowest BCUT2D eigenvalue weighted by Crippen LogP contribution is -2.00. The van der Waals surface area contributed by atoms with Crippen LogP contribution in [0.1, 0.15) is 0 Å². The molecular formula is C51H32N4. The molecule has 0 spiro atoms. The maximum Gasteiger partial charge on any atom is 0.164 e. The van der Waals surface area contributed by atoms with Crippen LogP contribution in [0.3, 0.4) is 0 Å². The fourth-order valence-electron chi connectivity index (χ4n) is 8.24. The Kier molecular flexibility index (Phi) is 7.14. The van der Waals surface area contributed by atoms with Crippen molar-refractivity contribution in [1.29, 1.82) is 0 Å². The Hall–Kier alpha value is -7.43. The normalized spacial score (nSPS) is 11.6. The molecule has 0 atom stereocenters. The Balaban J connectivity index is 1.08. The molecule has 0 amide bonds. The van der Waals surface area contributed by atoms with Gasteiger partial charge in [-0.2, -0.15) is 0 Å². The molecule has 0 saturated heterocycles. The fourth-order valence-corrected chi connectivity index (χ4v) is 8.24. The molecule has 11 rings (SSSR count). The van der Waals surface area contributed by atoms with Gasteiger partial charge in [0.15, 0.2) is 17.5 Å². The molecule has 256 valence electrons. The van der Waals surface area contributed by atoms with Crippen molar-refractivity contribution >= 4 is 54.1 Å². The monoisotopic (exact) mass is 700 g/mol. The third-order valence-corrected chi connectivity index (χ3v) is 10.8. The first-order valence-corrected chi connectivity index (χ1v) is 18.6. The molecular weight excluding hydrogens is 669 g/mol. The van der Waals surface area contributed by atoms with E-state index in [1.165, 1.54) is 43.1 Å². The van der Waals surface area contributed by atoms with Gasteiger partial charge in [0, 0.05) is 33.2 Å². The van der Waals surface area contributed by atoms with Gasteiger partial charge in [-0.25, -0.2) is 15.0 Å². The van der Waals surface area contributed by atoms with Crippen molar-refractivity contribution in [3.05, 3.63) is 194 Å². The summed E-state index contributed by atoms with van der Waals surface area (Å²) in [6.45, 7) is 0. The highest BCUT2D eigenvalue weighted by Gasteiger charge is 2.17. The summed E-state index contributed by atoms with van der Waals surface area (Å²) in [6, 6.07) is 68.7. The first-order chi connectivity index (χ1) is 27.3. The summed E-state index contributed by atoms with van der Waals surface area (Å²) in [5, 5.41) is 9.97. The summed E-state index contributed by atoms with van der Waals surface area (Å²) in [4.78, 5) is 15.4. The first-order valence-electron chi connectivity index (χ1n) is 18.6. The van der Waals surface area contributed by atoms with E-state index in [-0.39, 0.29) is 0 Å². The topological polar surface area (TPSA) is 43.6 Å². The van der Waals surface area contributed by atoms with Crippen molar-refractivity contribution in [2.45, 2.75) is 0 Å². The second kappa shape index (κ2) is 12.6. The maximum absolute atomic E-state index is 5.19. The number of para-hydroxylation sites is 2. The molecule has 4 heteroatoms. The van der Waals surface area contributed by atoms with Gasteiger partial charge in [0.2, 0.25) is 0 Å². The van der Waals surface area contributed by atoms with E-state index in [4.69, 9.17) is 15.0 Å². The van der Waals surface area contributed by atoms with Crippen LogP contribution in [0.25, 0.3) is 105 Å². The van der Waals surface area contributed by atoms with E-state index in [1.54, 1.807) is 0 Å². The minimum Gasteiger partial charge on any atom is -0.309 e. The van der Waals surface area contributed by atoms with Crippen molar-refractivity contribution in [3.63, 3.8) is 0 Å². The van der Waals surface area contributed by atoms with E-state index in [9.17, 15) is 0 Å². The summed E-state index contributed by atoms with van der Waals surface area (Å²) in [7, 11) is 0. The predicted octanol–water partition coefficient (Wildman–Crippen LogP) is 13.1. The molecule has 0 aliphatic heterocycles. The van der Waals surface area contributed by atoms with Crippen LogP contribution < -0.4 is 0 Å². The van der Waals surface area contributed by atoms with Crippen LogP contribution in [0.4, 0.5) is 0 Å². The van der Waals surface area contributed by atoms with Crippen molar-refractivity contribution in [2.75, 3.05) is 0 Å². The molecule has 0 bridgehead atoms. The molecule has 0 unspecified atom stereocenters. The van der Waals surface area contributed by atoms with E-state index in [0.717, 1.165) is 44.5 Å². The van der Waals surface area contributed by atoms with E-state index in [0.29, 0.717) is 17.5 Å². The standard InChI is InChI=1S/C51H32N4/c1-3-14-33(15-4-1)49-52-50(54-51(53-49)37-27-29-45-44-24-11-12-25-47(44)55(48(45)32-37)38-18-5-2-6-19-38)36-17-13-16-34(30-36)35-26-28-43-41-22-8-7-20-39(41)40-21-9-10-23-42(40)46(43)31-35/h1-32H. The number of hydrogen-bond acceptors (Lipinski definition) is 3.